The van der Waals surface area contributed by atoms with Crippen molar-refractivity contribution >= 4 is 45.0 Å². The van der Waals surface area contributed by atoms with Crippen LogP contribution in [0.4, 0.5) is 5.69 Å². The average Bonchev–Trinajstić information content (AvgIpc) is 3.57. The predicted octanol–water partition coefficient (Wildman–Crippen LogP) is 5.53. The summed E-state index contributed by atoms with van der Waals surface area (Å²) >= 11 is 4.40. The lowest BCUT2D eigenvalue weighted by molar-refractivity contribution is -0.384. The topological polar surface area (TPSA) is 135 Å². The zero-order chi connectivity index (χ0) is 31.5. The molecule has 0 spiro atoms. The SMILES string of the molecule is CCOC(=O)C1=C(C)N=c2s/c(=C\c3ccc(-c4ccc(Br)cc4[N+](=O)[O-])o3)c(=O)n2[C@H]1c1ccc(OCC)c(OCC)c1. The molecule has 228 valence electrons. The molecule has 0 N–H and O–H groups in total. The number of halogens is 1. The standard InChI is InChI=1S/C31H28BrN3O8S/c1-5-40-24-12-8-18(14-25(24)41-6-2)28-27(30(37)42-7-3)17(4)33-31-34(28)29(36)26(44-31)16-20-10-13-23(43-20)21-11-9-19(32)15-22(21)35(38)39/h8-16,28H,5-7H2,1-4H3/b26-16-/t28-/m0/s1. The first-order valence-electron chi connectivity index (χ1n) is 13.8. The fourth-order valence-corrected chi connectivity index (χ4v) is 6.29. The summed E-state index contributed by atoms with van der Waals surface area (Å²) in [6.45, 7) is 8.12. The van der Waals surface area contributed by atoms with Crippen molar-refractivity contribution in [3.63, 3.8) is 0 Å². The van der Waals surface area contributed by atoms with Crippen molar-refractivity contribution in [2.75, 3.05) is 19.8 Å². The quantitative estimate of drug-likeness (QED) is 0.121. The number of nitro groups is 1. The van der Waals surface area contributed by atoms with E-state index in [0.717, 1.165) is 11.3 Å². The van der Waals surface area contributed by atoms with Crippen LogP contribution in [0.5, 0.6) is 11.5 Å². The lowest BCUT2D eigenvalue weighted by atomic mass is 9.95. The highest BCUT2D eigenvalue weighted by atomic mass is 79.9. The molecular weight excluding hydrogens is 654 g/mol. The number of furan rings is 1. The van der Waals surface area contributed by atoms with Gasteiger partial charge in [0.15, 0.2) is 16.3 Å². The summed E-state index contributed by atoms with van der Waals surface area (Å²) in [7, 11) is 0. The van der Waals surface area contributed by atoms with Crippen molar-refractivity contribution < 1.29 is 28.3 Å². The number of nitrogens with zero attached hydrogens (tertiary/aromatic N) is 3. The molecule has 0 bridgehead atoms. The number of allylic oxidation sites excluding steroid dienone is 1. The molecule has 0 unspecified atom stereocenters. The molecule has 13 heteroatoms. The minimum absolute atomic E-state index is 0.122. The van der Waals surface area contributed by atoms with Crippen LogP contribution >= 0.6 is 27.3 Å². The number of nitro benzene ring substituents is 1. The van der Waals surface area contributed by atoms with Gasteiger partial charge in [-0.15, -0.1) is 0 Å². The molecule has 5 rings (SSSR count). The average molecular weight is 683 g/mol. The van der Waals surface area contributed by atoms with Crippen LogP contribution in [0.15, 0.2) is 78.5 Å². The Balaban J connectivity index is 1.65. The molecule has 0 saturated carbocycles. The highest BCUT2D eigenvalue weighted by Crippen LogP contribution is 2.37. The van der Waals surface area contributed by atoms with E-state index in [1.165, 1.54) is 10.6 Å². The third-order valence-electron chi connectivity index (χ3n) is 6.72. The first kappa shape index (κ1) is 31.0. The lowest BCUT2D eigenvalue weighted by Gasteiger charge is -2.25. The smallest absolute Gasteiger partial charge is 0.338 e. The van der Waals surface area contributed by atoms with E-state index < -0.39 is 22.5 Å². The maximum absolute atomic E-state index is 14.0. The van der Waals surface area contributed by atoms with Crippen LogP contribution in [0.2, 0.25) is 0 Å². The highest BCUT2D eigenvalue weighted by Gasteiger charge is 2.34. The van der Waals surface area contributed by atoms with E-state index in [1.807, 2.05) is 13.8 Å². The van der Waals surface area contributed by atoms with Crippen LogP contribution in [0.3, 0.4) is 0 Å². The summed E-state index contributed by atoms with van der Waals surface area (Å²) in [5.41, 5.74) is 1.06. The summed E-state index contributed by atoms with van der Waals surface area (Å²) in [5, 5.41) is 11.6. The fourth-order valence-electron chi connectivity index (χ4n) is 4.91. The van der Waals surface area contributed by atoms with Crippen molar-refractivity contribution in [1.82, 2.24) is 4.57 Å². The number of fused-ring (bicyclic) bond motifs is 1. The molecule has 1 aliphatic heterocycles. The van der Waals surface area contributed by atoms with Gasteiger partial charge in [-0.1, -0.05) is 33.3 Å². The van der Waals surface area contributed by atoms with Gasteiger partial charge in [0.1, 0.15) is 11.5 Å². The predicted molar refractivity (Wildman–Crippen MR) is 168 cm³/mol. The van der Waals surface area contributed by atoms with Crippen LogP contribution in [0.25, 0.3) is 17.4 Å². The second-order valence-electron chi connectivity index (χ2n) is 9.50. The Morgan fingerprint density at radius 2 is 1.84 bits per heavy atom. The summed E-state index contributed by atoms with van der Waals surface area (Å²) in [6, 6.07) is 12.4. The van der Waals surface area contributed by atoms with Crippen molar-refractivity contribution in [1.29, 1.82) is 0 Å². The van der Waals surface area contributed by atoms with E-state index in [9.17, 15) is 19.7 Å². The lowest BCUT2D eigenvalue weighted by Crippen LogP contribution is -2.40. The van der Waals surface area contributed by atoms with Crippen LogP contribution in [-0.4, -0.2) is 35.3 Å². The van der Waals surface area contributed by atoms with Crippen molar-refractivity contribution in [2.24, 2.45) is 4.99 Å². The molecule has 44 heavy (non-hydrogen) atoms. The van der Waals surface area contributed by atoms with Gasteiger partial charge in [-0.2, -0.15) is 0 Å². The minimum atomic E-state index is -0.847. The first-order valence-corrected chi connectivity index (χ1v) is 15.4. The maximum Gasteiger partial charge on any atom is 0.338 e. The third-order valence-corrected chi connectivity index (χ3v) is 8.20. The number of aromatic nitrogens is 1. The van der Waals surface area contributed by atoms with E-state index >= 15 is 0 Å². The van der Waals surface area contributed by atoms with Gasteiger partial charge in [-0.3, -0.25) is 19.5 Å². The Morgan fingerprint density at radius 3 is 2.55 bits per heavy atom. The summed E-state index contributed by atoms with van der Waals surface area (Å²) in [6.07, 6.45) is 1.56. The Morgan fingerprint density at radius 1 is 1.09 bits per heavy atom. The van der Waals surface area contributed by atoms with Crippen molar-refractivity contribution in [2.45, 2.75) is 33.7 Å². The number of thiazole rings is 1. The number of carbonyl (C=O) groups excluding carboxylic acids is 1. The molecule has 3 heterocycles. The van der Waals surface area contributed by atoms with Gasteiger partial charge in [0.25, 0.3) is 11.2 Å². The second-order valence-corrected chi connectivity index (χ2v) is 11.4. The van der Waals surface area contributed by atoms with Crippen LogP contribution in [0.1, 0.15) is 45.1 Å². The van der Waals surface area contributed by atoms with Crippen LogP contribution in [0, 0.1) is 10.1 Å². The molecule has 0 amide bonds. The fraction of sp³-hybridized carbons (Fsp3) is 0.258. The molecule has 1 atom stereocenters. The minimum Gasteiger partial charge on any atom is -0.490 e. The Hall–Kier alpha value is -4.49. The van der Waals surface area contributed by atoms with Gasteiger partial charge in [0, 0.05) is 16.6 Å². The largest absolute Gasteiger partial charge is 0.490 e. The van der Waals surface area contributed by atoms with Gasteiger partial charge in [-0.05, 0) is 69.7 Å². The molecule has 4 aromatic rings. The van der Waals surface area contributed by atoms with Gasteiger partial charge >= 0.3 is 5.97 Å². The molecule has 0 aliphatic carbocycles. The number of esters is 1. The van der Waals surface area contributed by atoms with E-state index in [0.29, 0.717) is 61.1 Å². The van der Waals surface area contributed by atoms with E-state index in [-0.39, 0.29) is 23.6 Å². The Labute approximate surface area is 264 Å². The molecule has 0 fully saturated rings. The summed E-state index contributed by atoms with van der Waals surface area (Å²) < 4.78 is 25.2. The number of hydrogen-bond acceptors (Lipinski definition) is 10. The monoisotopic (exact) mass is 681 g/mol. The number of carbonyl (C=O) groups is 1. The third kappa shape index (κ3) is 5.97. The molecule has 2 aromatic carbocycles. The molecule has 11 nitrogen and oxygen atoms in total. The van der Waals surface area contributed by atoms with Crippen molar-refractivity contribution in [3.8, 4) is 22.8 Å². The molecule has 1 aliphatic rings. The molecule has 2 aromatic heterocycles. The van der Waals surface area contributed by atoms with Crippen LogP contribution in [-0.2, 0) is 9.53 Å². The molecule has 0 saturated heterocycles. The molecule has 0 radical (unpaired) electrons. The Bertz CT molecular complexity index is 1970. The van der Waals surface area contributed by atoms with Gasteiger partial charge < -0.3 is 18.6 Å². The second kappa shape index (κ2) is 13.0. The van der Waals surface area contributed by atoms with Crippen LogP contribution < -0.4 is 24.4 Å². The van der Waals surface area contributed by atoms with Gasteiger partial charge in [-0.25, -0.2) is 9.79 Å². The van der Waals surface area contributed by atoms with Crippen molar-refractivity contribution in [3.05, 3.63) is 105 Å². The van der Waals surface area contributed by atoms with E-state index in [4.69, 9.17) is 18.6 Å². The summed E-state index contributed by atoms with van der Waals surface area (Å²) in [4.78, 5) is 43.4. The van der Waals surface area contributed by atoms with E-state index in [2.05, 4.69) is 20.9 Å². The number of rotatable bonds is 10. The number of hydrogen-bond donors (Lipinski definition) is 0. The zero-order valence-electron chi connectivity index (χ0n) is 24.3. The van der Waals surface area contributed by atoms with Gasteiger partial charge in [0.2, 0.25) is 0 Å². The maximum atomic E-state index is 14.0. The number of benzene rings is 2. The van der Waals surface area contributed by atoms with E-state index in [1.54, 1.807) is 62.4 Å². The Kier molecular flexibility index (Phi) is 9.16. The number of ether oxygens (including phenoxy) is 3. The van der Waals surface area contributed by atoms with Gasteiger partial charge in [0.05, 0.1) is 52.2 Å². The molecular formula is C31H28BrN3O8S. The summed E-state index contributed by atoms with van der Waals surface area (Å²) in [5.74, 6) is 1.05. The normalized spacial score (nSPS) is 14.7. The zero-order valence-corrected chi connectivity index (χ0v) is 26.7. The first-order chi connectivity index (χ1) is 21.2. The highest BCUT2D eigenvalue weighted by molar-refractivity contribution is 9.10.